The summed E-state index contributed by atoms with van der Waals surface area (Å²) in [4.78, 5) is 27.4. The molecule has 0 aliphatic carbocycles. The quantitative estimate of drug-likeness (QED) is 0.678. The second-order valence-corrected chi connectivity index (χ2v) is 7.58. The molecular formula is C23H30N2O4. The molecule has 2 aromatic rings. The summed E-state index contributed by atoms with van der Waals surface area (Å²) in [5.74, 6) is -0.371. The van der Waals surface area contributed by atoms with E-state index in [4.69, 9.17) is 15.2 Å². The van der Waals surface area contributed by atoms with Crippen molar-refractivity contribution >= 4 is 5.91 Å². The van der Waals surface area contributed by atoms with Gasteiger partial charge in [0.1, 0.15) is 12.2 Å². The van der Waals surface area contributed by atoms with Gasteiger partial charge < -0.3 is 20.2 Å². The molecule has 0 radical (unpaired) electrons. The molecular weight excluding hydrogens is 368 g/mol. The number of benzene rings is 1. The van der Waals surface area contributed by atoms with Gasteiger partial charge in [0, 0.05) is 18.4 Å². The van der Waals surface area contributed by atoms with Gasteiger partial charge in [0.25, 0.3) is 5.91 Å². The average molecular weight is 399 g/mol. The van der Waals surface area contributed by atoms with E-state index in [0.717, 1.165) is 44.3 Å². The van der Waals surface area contributed by atoms with Crippen LogP contribution in [0.1, 0.15) is 59.8 Å². The lowest BCUT2D eigenvalue weighted by molar-refractivity contribution is -0.0120. The summed E-state index contributed by atoms with van der Waals surface area (Å²) in [6, 6.07) is 9.73. The number of H-pyrrole nitrogens is 1. The maximum Gasteiger partial charge on any atom is 0.254 e. The zero-order valence-electron chi connectivity index (χ0n) is 17.0. The topological polar surface area (TPSA) is 94.4 Å². The number of nitrogens with one attached hydrogen (secondary N) is 1. The second-order valence-electron chi connectivity index (χ2n) is 7.58. The fourth-order valence-corrected chi connectivity index (χ4v) is 3.67. The number of carbonyl (C=O) groups is 1. The zero-order valence-corrected chi connectivity index (χ0v) is 17.0. The van der Waals surface area contributed by atoms with E-state index < -0.39 is 11.3 Å². The van der Waals surface area contributed by atoms with Gasteiger partial charge >= 0.3 is 0 Å². The third-order valence-electron chi connectivity index (χ3n) is 5.25. The Morgan fingerprint density at radius 3 is 2.52 bits per heavy atom. The highest BCUT2D eigenvalue weighted by molar-refractivity contribution is 5.93. The number of ether oxygens (including phenoxy) is 2. The largest absolute Gasteiger partial charge is 0.476 e. The van der Waals surface area contributed by atoms with Crippen LogP contribution in [0.2, 0.25) is 0 Å². The van der Waals surface area contributed by atoms with Gasteiger partial charge in [-0.05, 0) is 49.7 Å². The first-order chi connectivity index (χ1) is 14.1. The normalized spacial score (nSPS) is 16.5. The number of rotatable bonds is 9. The van der Waals surface area contributed by atoms with Crippen molar-refractivity contribution < 1.29 is 14.3 Å². The Labute approximate surface area is 171 Å². The number of nitrogens with two attached hydrogens (primary N) is 1. The van der Waals surface area contributed by atoms with E-state index in [1.165, 1.54) is 11.6 Å². The summed E-state index contributed by atoms with van der Waals surface area (Å²) in [6.45, 7) is 3.28. The standard InChI is InChI=1S/C23H30N2O4/c1-2-5-16-7-9-17(10-8-16)11-12-19-22(23(24)27)20(26)14-21(25-19)29-15-18-6-3-4-13-28-18/h7-10,14,18H,2-6,11-13,15H2,1H3,(H2,24,27)(H,25,26). The Balaban J connectivity index is 1.71. The van der Waals surface area contributed by atoms with Crippen LogP contribution in [0, 0.1) is 0 Å². The molecule has 6 nitrogen and oxygen atoms in total. The smallest absolute Gasteiger partial charge is 0.254 e. The van der Waals surface area contributed by atoms with Gasteiger partial charge in [-0.15, -0.1) is 0 Å². The molecule has 3 N–H and O–H groups in total. The SMILES string of the molecule is CCCc1ccc(CCc2[nH]c(OCC3CCCCO3)cc(=O)c2C(N)=O)cc1. The summed E-state index contributed by atoms with van der Waals surface area (Å²) in [6.07, 6.45) is 6.54. The van der Waals surface area contributed by atoms with Gasteiger partial charge in [-0.1, -0.05) is 37.6 Å². The molecule has 1 aromatic carbocycles. The zero-order chi connectivity index (χ0) is 20.6. The highest BCUT2D eigenvalue weighted by Crippen LogP contribution is 2.16. The van der Waals surface area contributed by atoms with Crippen molar-refractivity contribution in [2.24, 2.45) is 5.73 Å². The number of hydrogen-bond acceptors (Lipinski definition) is 4. The number of amides is 1. The maximum atomic E-state index is 12.4. The van der Waals surface area contributed by atoms with Gasteiger partial charge in [0.2, 0.25) is 0 Å². The van der Waals surface area contributed by atoms with E-state index in [-0.39, 0.29) is 11.7 Å². The van der Waals surface area contributed by atoms with Crippen LogP contribution >= 0.6 is 0 Å². The van der Waals surface area contributed by atoms with E-state index in [9.17, 15) is 9.59 Å². The fraction of sp³-hybridized carbons (Fsp3) is 0.478. The minimum absolute atomic E-state index is 0.00821. The number of hydrogen-bond donors (Lipinski definition) is 2. The molecule has 1 amide bonds. The Hall–Kier alpha value is -2.60. The lowest BCUT2D eigenvalue weighted by Crippen LogP contribution is -2.28. The minimum atomic E-state index is -0.721. The van der Waals surface area contributed by atoms with Crippen LogP contribution in [0.4, 0.5) is 0 Å². The molecule has 1 aromatic heterocycles. The molecule has 3 rings (SSSR count). The Bertz CT molecular complexity index is 867. The molecule has 1 aliphatic rings. The van der Waals surface area contributed by atoms with Gasteiger partial charge in [-0.3, -0.25) is 9.59 Å². The lowest BCUT2D eigenvalue weighted by Gasteiger charge is -2.22. The van der Waals surface area contributed by atoms with E-state index in [1.54, 1.807) is 0 Å². The summed E-state index contributed by atoms with van der Waals surface area (Å²) in [5.41, 5.74) is 8.02. The van der Waals surface area contributed by atoms with Crippen molar-refractivity contribution in [2.45, 2.75) is 58.0 Å². The van der Waals surface area contributed by atoms with Gasteiger partial charge in [-0.2, -0.15) is 0 Å². The molecule has 156 valence electrons. The molecule has 0 saturated carbocycles. The first-order valence-electron chi connectivity index (χ1n) is 10.4. The molecule has 0 bridgehead atoms. The number of aromatic amines is 1. The van der Waals surface area contributed by atoms with Crippen LogP contribution in [0.15, 0.2) is 35.1 Å². The minimum Gasteiger partial charge on any atom is -0.476 e. The van der Waals surface area contributed by atoms with Crippen molar-refractivity contribution in [1.29, 1.82) is 0 Å². The van der Waals surface area contributed by atoms with Crippen LogP contribution < -0.4 is 15.9 Å². The number of pyridine rings is 1. The van der Waals surface area contributed by atoms with Crippen LogP contribution in [-0.2, 0) is 24.0 Å². The predicted octanol–water partition coefficient (Wildman–Crippen LogP) is 3.16. The first kappa shape index (κ1) is 21.1. The number of aryl methyl sites for hydroxylation is 3. The molecule has 6 heteroatoms. The lowest BCUT2D eigenvalue weighted by atomic mass is 10.0. The number of primary amides is 1. The summed E-state index contributed by atoms with van der Waals surface area (Å²) in [7, 11) is 0. The summed E-state index contributed by atoms with van der Waals surface area (Å²) < 4.78 is 11.4. The Kier molecular flexibility index (Phi) is 7.47. The van der Waals surface area contributed by atoms with E-state index in [1.807, 2.05) is 0 Å². The van der Waals surface area contributed by atoms with Crippen molar-refractivity contribution in [3.8, 4) is 5.88 Å². The Morgan fingerprint density at radius 1 is 1.17 bits per heavy atom. The second kappa shape index (κ2) is 10.3. The molecule has 0 spiro atoms. The molecule has 1 unspecified atom stereocenters. The first-order valence-corrected chi connectivity index (χ1v) is 10.4. The third kappa shape index (κ3) is 5.94. The monoisotopic (exact) mass is 398 g/mol. The molecule has 1 aliphatic heterocycles. The molecule has 1 atom stereocenters. The Morgan fingerprint density at radius 2 is 1.90 bits per heavy atom. The van der Waals surface area contributed by atoms with Gasteiger partial charge in [0.15, 0.2) is 11.3 Å². The van der Waals surface area contributed by atoms with Crippen molar-refractivity contribution in [2.75, 3.05) is 13.2 Å². The van der Waals surface area contributed by atoms with Crippen LogP contribution in [0.5, 0.6) is 5.88 Å². The number of carbonyl (C=O) groups excluding carboxylic acids is 1. The van der Waals surface area contributed by atoms with Crippen LogP contribution in [0.25, 0.3) is 0 Å². The highest BCUT2D eigenvalue weighted by atomic mass is 16.5. The molecule has 2 heterocycles. The molecule has 1 saturated heterocycles. The fourth-order valence-electron chi connectivity index (χ4n) is 3.67. The van der Waals surface area contributed by atoms with Gasteiger partial charge in [0.05, 0.1) is 6.10 Å². The maximum absolute atomic E-state index is 12.4. The van der Waals surface area contributed by atoms with Crippen LogP contribution in [0.3, 0.4) is 0 Å². The van der Waals surface area contributed by atoms with Crippen LogP contribution in [-0.4, -0.2) is 30.2 Å². The van der Waals surface area contributed by atoms with Crippen molar-refractivity contribution in [1.82, 2.24) is 4.98 Å². The molecule has 1 fully saturated rings. The van der Waals surface area contributed by atoms with Gasteiger partial charge in [-0.25, -0.2) is 0 Å². The van der Waals surface area contributed by atoms with E-state index in [0.29, 0.717) is 31.0 Å². The average Bonchev–Trinajstić information content (AvgIpc) is 2.72. The van der Waals surface area contributed by atoms with E-state index in [2.05, 4.69) is 36.2 Å². The van der Waals surface area contributed by atoms with E-state index >= 15 is 0 Å². The third-order valence-corrected chi connectivity index (χ3v) is 5.25. The summed E-state index contributed by atoms with van der Waals surface area (Å²) in [5, 5.41) is 0. The van der Waals surface area contributed by atoms with Crippen molar-refractivity contribution in [3.05, 3.63) is 62.9 Å². The predicted molar refractivity (Wildman–Crippen MR) is 113 cm³/mol. The number of aromatic nitrogens is 1. The highest BCUT2D eigenvalue weighted by Gasteiger charge is 2.18. The summed E-state index contributed by atoms with van der Waals surface area (Å²) >= 11 is 0. The van der Waals surface area contributed by atoms with Crippen molar-refractivity contribution in [3.63, 3.8) is 0 Å². The molecule has 29 heavy (non-hydrogen) atoms.